The van der Waals surface area contributed by atoms with E-state index in [1.54, 1.807) is 0 Å². The van der Waals surface area contributed by atoms with Crippen molar-refractivity contribution in [1.82, 2.24) is 0 Å². The minimum Gasteiger partial charge on any atom is -0.327 e. The molecule has 0 saturated carbocycles. The lowest BCUT2D eigenvalue weighted by Gasteiger charge is -2.41. The number of hydrogen-bond acceptors (Lipinski definition) is 3. The standard InChI is InChI=1S/C9H10F15N3Si/c10-3(11,1-2-28(25,26)27)4(12,13)5(14,15)6(16,17)7(18,19)8(20,21)9(22,23)24/h1-2,25-27H2. The van der Waals surface area contributed by atoms with Crippen LogP contribution in [0, 0.1) is 0 Å². The average molecular weight is 473 g/mol. The highest BCUT2D eigenvalue weighted by molar-refractivity contribution is 6.70. The molecule has 0 bridgehead atoms. The zero-order valence-electron chi connectivity index (χ0n) is 12.8. The SMILES string of the molecule is N[Si](N)(N)CCC(F)(F)C(F)(F)C(F)(F)C(F)(F)C(F)(F)C(F)(F)C(F)(F)F. The summed E-state index contributed by atoms with van der Waals surface area (Å²) < 4.78 is 193. The van der Waals surface area contributed by atoms with E-state index in [0.29, 0.717) is 0 Å². The van der Waals surface area contributed by atoms with Crippen molar-refractivity contribution >= 4 is 8.56 Å². The average Bonchev–Trinajstić information content (AvgIpc) is 2.42. The van der Waals surface area contributed by atoms with Gasteiger partial charge in [-0.25, -0.2) is 0 Å². The van der Waals surface area contributed by atoms with Gasteiger partial charge in [-0.1, -0.05) is 0 Å². The first-order valence-electron chi connectivity index (χ1n) is 6.41. The predicted molar refractivity (Wildman–Crippen MR) is 63.5 cm³/mol. The molecule has 0 aliphatic rings. The van der Waals surface area contributed by atoms with Crippen LogP contribution in [-0.4, -0.2) is 50.3 Å². The summed E-state index contributed by atoms with van der Waals surface area (Å²) >= 11 is 0. The minimum absolute atomic E-state index is 1.58. The highest BCUT2D eigenvalue weighted by Gasteiger charge is 2.93. The monoisotopic (exact) mass is 473 g/mol. The largest absolute Gasteiger partial charge is 0.460 e. The quantitative estimate of drug-likeness (QED) is 0.373. The van der Waals surface area contributed by atoms with Crippen LogP contribution in [0.4, 0.5) is 65.9 Å². The Morgan fingerprint density at radius 1 is 0.464 bits per heavy atom. The normalized spacial score (nSPS) is 16.5. The first-order chi connectivity index (χ1) is 11.7. The summed E-state index contributed by atoms with van der Waals surface area (Å²) in [5.41, 5.74) is 0. The summed E-state index contributed by atoms with van der Waals surface area (Å²) in [4.78, 5) is 0. The van der Waals surface area contributed by atoms with Gasteiger partial charge in [0.05, 0.1) is 0 Å². The van der Waals surface area contributed by atoms with Crippen LogP contribution in [0.2, 0.25) is 6.04 Å². The molecule has 28 heavy (non-hydrogen) atoms. The molecule has 0 amide bonds. The molecule has 3 nitrogen and oxygen atoms in total. The van der Waals surface area contributed by atoms with Crippen LogP contribution < -0.4 is 16.2 Å². The van der Waals surface area contributed by atoms with E-state index in [2.05, 4.69) is 0 Å². The third-order valence-corrected chi connectivity index (χ3v) is 4.38. The summed E-state index contributed by atoms with van der Waals surface area (Å²) in [7, 11) is -4.20. The first kappa shape index (κ1) is 27.0. The van der Waals surface area contributed by atoms with Crippen molar-refractivity contribution in [1.29, 1.82) is 0 Å². The molecule has 0 fully saturated rings. The van der Waals surface area contributed by atoms with Crippen LogP contribution in [0.1, 0.15) is 6.42 Å². The van der Waals surface area contributed by atoms with Crippen molar-refractivity contribution in [2.45, 2.75) is 54.2 Å². The summed E-state index contributed by atoms with van der Waals surface area (Å²) in [6.07, 6.45) is -10.2. The molecule has 0 radical (unpaired) electrons. The van der Waals surface area contributed by atoms with Crippen LogP contribution in [0.5, 0.6) is 0 Å². The molecule has 0 unspecified atom stereocenters. The molecule has 0 aromatic carbocycles. The summed E-state index contributed by atoms with van der Waals surface area (Å²) in [5, 5.41) is 14.4. The Hall–Kier alpha value is -0.953. The van der Waals surface area contributed by atoms with Gasteiger partial charge in [-0.05, 0) is 6.04 Å². The van der Waals surface area contributed by atoms with Crippen molar-refractivity contribution in [2.75, 3.05) is 0 Å². The Morgan fingerprint density at radius 3 is 1.04 bits per heavy atom. The summed E-state index contributed by atoms with van der Waals surface area (Å²) in [6, 6.07) is -1.58. The minimum atomic E-state index is -8.30. The second-order valence-corrected chi connectivity index (χ2v) is 8.41. The highest BCUT2D eigenvalue weighted by atomic mass is 28.4. The molecule has 0 aliphatic carbocycles. The van der Waals surface area contributed by atoms with Crippen molar-refractivity contribution in [3.8, 4) is 0 Å². The fraction of sp³-hybridized carbons (Fsp3) is 1.00. The molecular weight excluding hydrogens is 463 g/mol. The van der Waals surface area contributed by atoms with Crippen LogP contribution in [0.15, 0.2) is 0 Å². The third kappa shape index (κ3) is 4.02. The molecule has 0 aromatic rings. The van der Waals surface area contributed by atoms with E-state index in [9.17, 15) is 65.9 Å². The molecule has 19 heteroatoms. The van der Waals surface area contributed by atoms with Crippen LogP contribution >= 0.6 is 0 Å². The fourth-order valence-electron chi connectivity index (χ4n) is 1.53. The Balaban J connectivity index is 6.32. The molecule has 0 aromatic heterocycles. The van der Waals surface area contributed by atoms with Crippen molar-refractivity contribution < 1.29 is 65.9 Å². The van der Waals surface area contributed by atoms with E-state index in [-0.39, 0.29) is 0 Å². The molecule has 170 valence electrons. The predicted octanol–water partition coefficient (Wildman–Crippen LogP) is 3.57. The number of halogens is 15. The van der Waals surface area contributed by atoms with Crippen LogP contribution in [0.3, 0.4) is 0 Å². The topological polar surface area (TPSA) is 78.1 Å². The Kier molecular flexibility index (Phi) is 6.56. The van der Waals surface area contributed by atoms with Crippen LogP contribution in [-0.2, 0) is 0 Å². The fourth-order valence-corrected chi connectivity index (χ4v) is 2.28. The van der Waals surface area contributed by atoms with Gasteiger partial charge < -0.3 is 16.2 Å². The molecule has 0 aliphatic heterocycles. The van der Waals surface area contributed by atoms with Gasteiger partial charge in [-0.2, -0.15) is 65.9 Å². The molecule has 6 N–H and O–H groups in total. The summed E-state index contributed by atoms with van der Waals surface area (Å²) in [6.45, 7) is 0. The molecule has 0 heterocycles. The van der Waals surface area contributed by atoms with E-state index < -0.39 is 62.7 Å². The third-order valence-electron chi connectivity index (χ3n) is 3.26. The van der Waals surface area contributed by atoms with E-state index in [1.165, 1.54) is 0 Å². The van der Waals surface area contributed by atoms with Crippen molar-refractivity contribution in [3.63, 3.8) is 0 Å². The number of hydrogen-bond donors (Lipinski definition) is 3. The van der Waals surface area contributed by atoms with Gasteiger partial charge in [0.2, 0.25) is 0 Å². The molecular formula is C9H10F15N3Si. The smallest absolute Gasteiger partial charge is 0.327 e. The maximum Gasteiger partial charge on any atom is 0.460 e. The second-order valence-electron chi connectivity index (χ2n) is 5.69. The van der Waals surface area contributed by atoms with Gasteiger partial charge in [-0.15, -0.1) is 0 Å². The number of rotatable bonds is 8. The number of nitrogens with two attached hydrogens (primary N) is 3. The van der Waals surface area contributed by atoms with Gasteiger partial charge >= 0.3 is 41.7 Å². The van der Waals surface area contributed by atoms with Crippen molar-refractivity contribution in [2.24, 2.45) is 16.2 Å². The van der Waals surface area contributed by atoms with E-state index in [4.69, 9.17) is 16.2 Å². The maximum absolute atomic E-state index is 13.3. The zero-order valence-corrected chi connectivity index (χ0v) is 13.8. The van der Waals surface area contributed by atoms with Gasteiger partial charge in [-0.3, -0.25) is 0 Å². The van der Waals surface area contributed by atoms with Gasteiger partial charge in [0.15, 0.2) is 0 Å². The second kappa shape index (κ2) is 6.79. The van der Waals surface area contributed by atoms with Crippen molar-refractivity contribution in [3.05, 3.63) is 0 Å². The lowest BCUT2D eigenvalue weighted by molar-refractivity contribution is -0.452. The van der Waals surface area contributed by atoms with Gasteiger partial charge in [0.1, 0.15) is 0 Å². The number of alkyl halides is 15. The highest BCUT2D eigenvalue weighted by Crippen LogP contribution is 2.62. The van der Waals surface area contributed by atoms with E-state index in [0.717, 1.165) is 0 Å². The van der Waals surface area contributed by atoms with Crippen LogP contribution in [0.25, 0.3) is 0 Å². The van der Waals surface area contributed by atoms with E-state index in [1.807, 2.05) is 0 Å². The Bertz CT molecular complexity index is 564. The Labute approximate surface area is 146 Å². The lowest BCUT2D eigenvalue weighted by Crippen LogP contribution is -2.73. The summed E-state index contributed by atoms with van der Waals surface area (Å²) in [5.74, 6) is -46.5. The van der Waals surface area contributed by atoms with Gasteiger partial charge in [0, 0.05) is 6.42 Å². The molecule has 0 spiro atoms. The van der Waals surface area contributed by atoms with E-state index >= 15 is 0 Å². The maximum atomic E-state index is 13.3. The zero-order chi connectivity index (χ0) is 23.4. The lowest BCUT2D eigenvalue weighted by atomic mass is 9.90. The Morgan fingerprint density at radius 2 is 0.750 bits per heavy atom. The molecule has 0 atom stereocenters. The first-order valence-corrected chi connectivity index (χ1v) is 8.85. The molecule has 0 saturated heterocycles. The molecule has 0 rings (SSSR count). The van der Waals surface area contributed by atoms with Gasteiger partial charge in [0.25, 0.3) is 8.56 Å².